The lowest BCUT2D eigenvalue weighted by Crippen LogP contribution is -2.33. The molecular formula is C14H16N2O2S. The smallest absolute Gasteiger partial charge is 0.303 e. The Morgan fingerprint density at radius 3 is 2.84 bits per heavy atom. The Labute approximate surface area is 115 Å². The fourth-order valence-corrected chi connectivity index (χ4v) is 3.60. The second-order valence-electron chi connectivity index (χ2n) is 5.03. The van der Waals surface area contributed by atoms with Crippen molar-refractivity contribution in [2.45, 2.75) is 19.3 Å². The largest absolute Gasteiger partial charge is 0.481 e. The van der Waals surface area contributed by atoms with E-state index >= 15 is 0 Å². The third-order valence-corrected chi connectivity index (χ3v) is 4.67. The molecular weight excluding hydrogens is 260 g/mol. The molecule has 0 unspecified atom stereocenters. The Morgan fingerprint density at radius 1 is 1.37 bits per heavy atom. The van der Waals surface area contributed by atoms with Crippen LogP contribution in [0.15, 0.2) is 24.3 Å². The van der Waals surface area contributed by atoms with Gasteiger partial charge in [0, 0.05) is 24.9 Å². The first kappa shape index (κ1) is 12.4. The van der Waals surface area contributed by atoms with Gasteiger partial charge in [0.15, 0.2) is 0 Å². The zero-order valence-electron chi connectivity index (χ0n) is 10.6. The predicted molar refractivity (Wildman–Crippen MR) is 76.8 cm³/mol. The molecule has 100 valence electrons. The molecule has 1 aliphatic rings. The van der Waals surface area contributed by atoms with Crippen molar-refractivity contribution in [3.63, 3.8) is 0 Å². The first-order chi connectivity index (χ1) is 9.24. The summed E-state index contributed by atoms with van der Waals surface area (Å²) in [5.74, 6) is -0.352. The second-order valence-corrected chi connectivity index (χ2v) is 5.79. The maximum absolute atomic E-state index is 10.7. The van der Waals surface area contributed by atoms with Gasteiger partial charge in [0.2, 0.25) is 0 Å². The standard InChI is InChI=1S/C14H16N2O2S/c17-13(18)9-10-5-7-16(8-6-10)14-11-3-1-2-4-12(11)15-19-14/h1-4,10H,5-9H2,(H,17,18). The number of hydrogen-bond acceptors (Lipinski definition) is 4. The summed E-state index contributed by atoms with van der Waals surface area (Å²) in [6, 6.07) is 8.19. The van der Waals surface area contributed by atoms with E-state index in [4.69, 9.17) is 5.11 Å². The second kappa shape index (κ2) is 5.17. The maximum Gasteiger partial charge on any atom is 0.303 e. The van der Waals surface area contributed by atoms with E-state index in [1.54, 1.807) is 11.5 Å². The van der Waals surface area contributed by atoms with Crippen molar-refractivity contribution in [3.8, 4) is 0 Å². The molecule has 1 aliphatic heterocycles. The van der Waals surface area contributed by atoms with Crippen molar-refractivity contribution in [1.82, 2.24) is 4.37 Å². The van der Waals surface area contributed by atoms with E-state index in [1.807, 2.05) is 18.2 Å². The van der Waals surface area contributed by atoms with E-state index in [1.165, 1.54) is 10.4 Å². The van der Waals surface area contributed by atoms with Crippen LogP contribution in [-0.2, 0) is 4.79 Å². The van der Waals surface area contributed by atoms with Crippen molar-refractivity contribution in [1.29, 1.82) is 0 Å². The van der Waals surface area contributed by atoms with Gasteiger partial charge in [0.25, 0.3) is 0 Å². The van der Waals surface area contributed by atoms with E-state index in [9.17, 15) is 4.79 Å². The van der Waals surface area contributed by atoms with Gasteiger partial charge in [-0.1, -0.05) is 12.1 Å². The number of aromatic nitrogens is 1. The minimum absolute atomic E-state index is 0.303. The van der Waals surface area contributed by atoms with Gasteiger partial charge in [-0.2, -0.15) is 4.37 Å². The minimum atomic E-state index is -0.679. The number of carboxylic acids is 1. The van der Waals surface area contributed by atoms with Crippen LogP contribution >= 0.6 is 11.5 Å². The van der Waals surface area contributed by atoms with Crippen molar-refractivity contribution in [3.05, 3.63) is 24.3 Å². The molecule has 2 heterocycles. The van der Waals surface area contributed by atoms with E-state index in [0.29, 0.717) is 12.3 Å². The molecule has 19 heavy (non-hydrogen) atoms. The fourth-order valence-electron chi connectivity index (χ4n) is 2.69. The molecule has 1 saturated heterocycles. The van der Waals surface area contributed by atoms with Crippen molar-refractivity contribution >= 4 is 33.4 Å². The molecule has 0 spiro atoms. The topological polar surface area (TPSA) is 53.4 Å². The van der Waals surface area contributed by atoms with Crippen LogP contribution in [0.4, 0.5) is 5.00 Å². The number of hydrogen-bond donors (Lipinski definition) is 1. The summed E-state index contributed by atoms with van der Waals surface area (Å²) >= 11 is 1.54. The molecule has 0 saturated carbocycles. The first-order valence-corrected chi connectivity index (χ1v) is 7.32. The number of fused-ring (bicyclic) bond motifs is 1. The number of anilines is 1. The fraction of sp³-hybridized carbons (Fsp3) is 0.429. The Balaban J connectivity index is 1.73. The monoisotopic (exact) mass is 276 g/mol. The Bertz CT molecular complexity index is 588. The Kier molecular flexibility index (Phi) is 3.38. The molecule has 5 heteroatoms. The van der Waals surface area contributed by atoms with Crippen LogP contribution in [0.5, 0.6) is 0 Å². The molecule has 1 N–H and O–H groups in total. The lowest BCUT2D eigenvalue weighted by Gasteiger charge is -2.31. The van der Waals surface area contributed by atoms with Gasteiger partial charge in [0.05, 0.1) is 5.52 Å². The molecule has 3 rings (SSSR count). The van der Waals surface area contributed by atoms with Gasteiger partial charge in [-0.3, -0.25) is 4.79 Å². The molecule has 1 fully saturated rings. The lowest BCUT2D eigenvalue weighted by atomic mass is 9.94. The van der Waals surface area contributed by atoms with Gasteiger partial charge >= 0.3 is 5.97 Å². The highest BCUT2D eigenvalue weighted by Gasteiger charge is 2.23. The first-order valence-electron chi connectivity index (χ1n) is 6.55. The zero-order valence-corrected chi connectivity index (χ0v) is 11.4. The van der Waals surface area contributed by atoms with E-state index in [-0.39, 0.29) is 0 Å². The summed E-state index contributed by atoms with van der Waals surface area (Å²) in [7, 11) is 0. The number of piperidine rings is 1. The maximum atomic E-state index is 10.7. The molecule has 0 aliphatic carbocycles. The van der Waals surface area contributed by atoms with Gasteiger partial charge in [-0.25, -0.2) is 0 Å². The van der Waals surface area contributed by atoms with Crippen LogP contribution in [0, 0.1) is 5.92 Å². The van der Waals surface area contributed by atoms with Gasteiger partial charge in [-0.15, -0.1) is 0 Å². The van der Waals surface area contributed by atoms with Crippen LogP contribution in [0.2, 0.25) is 0 Å². The average Bonchev–Trinajstić information content (AvgIpc) is 2.83. The predicted octanol–water partition coefficient (Wildman–Crippen LogP) is 2.99. The van der Waals surface area contributed by atoms with E-state index in [2.05, 4.69) is 15.3 Å². The average molecular weight is 276 g/mol. The van der Waals surface area contributed by atoms with E-state index in [0.717, 1.165) is 31.4 Å². The van der Waals surface area contributed by atoms with Gasteiger partial charge in [0.1, 0.15) is 5.00 Å². The summed E-state index contributed by atoms with van der Waals surface area (Å²) < 4.78 is 4.47. The minimum Gasteiger partial charge on any atom is -0.481 e. The molecule has 4 nitrogen and oxygen atoms in total. The zero-order chi connectivity index (χ0) is 13.2. The van der Waals surface area contributed by atoms with Crippen LogP contribution in [-0.4, -0.2) is 28.5 Å². The van der Waals surface area contributed by atoms with E-state index < -0.39 is 5.97 Å². The van der Waals surface area contributed by atoms with Crippen LogP contribution in [0.25, 0.3) is 10.9 Å². The summed E-state index contributed by atoms with van der Waals surface area (Å²) in [4.78, 5) is 13.1. The number of nitrogens with zero attached hydrogens (tertiary/aromatic N) is 2. The number of rotatable bonds is 3. The third-order valence-electron chi connectivity index (χ3n) is 3.73. The summed E-state index contributed by atoms with van der Waals surface area (Å²) in [6.07, 6.45) is 2.22. The molecule has 0 bridgehead atoms. The van der Waals surface area contributed by atoms with Gasteiger partial charge < -0.3 is 10.0 Å². The molecule has 0 amide bonds. The van der Waals surface area contributed by atoms with Crippen molar-refractivity contribution in [2.75, 3.05) is 18.0 Å². The molecule has 0 atom stereocenters. The molecule has 1 aromatic carbocycles. The summed E-state index contributed by atoms with van der Waals surface area (Å²) in [6.45, 7) is 1.87. The Morgan fingerprint density at radius 2 is 2.11 bits per heavy atom. The normalized spacial score (nSPS) is 16.9. The van der Waals surface area contributed by atoms with Crippen LogP contribution in [0.3, 0.4) is 0 Å². The highest BCUT2D eigenvalue weighted by molar-refractivity contribution is 7.11. The summed E-state index contributed by atoms with van der Waals surface area (Å²) in [5.41, 5.74) is 1.05. The quantitative estimate of drug-likeness (QED) is 0.936. The van der Waals surface area contributed by atoms with Crippen LogP contribution in [0.1, 0.15) is 19.3 Å². The Hall–Kier alpha value is -1.62. The van der Waals surface area contributed by atoms with Gasteiger partial charge in [-0.05, 0) is 42.4 Å². The van der Waals surface area contributed by atoms with Crippen LogP contribution < -0.4 is 4.90 Å². The molecule has 2 aromatic rings. The number of benzene rings is 1. The van der Waals surface area contributed by atoms with Crippen molar-refractivity contribution in [2.24, 2.45) is 5.92 Å². The number of carbonyl (C=O) groups is 1. The summed E-state index contributed by atoms with van der Waals surface area (Å²) in [5, 5.41) is 11.3. The molecule has 1 aromatic heterocycles. The lowest BCUT2D eigenvalue weighted by molar-refractivity contribution is -0.138. The van der Waals surface area contributed by atoms with Crippen molar-refractivity contribution < 1.29 is 9.90 Å². The number of aliphatic carboxylic acids is 1. The number of carboxylic acid groups (broad SMARTS) is 1. The third kappa shape index (κ3) is 2.56. The molecule has 0 radical (unpaired) electrons. The SMILES string of the molecule is O=C(O)CC1CCN(c2snc3ccccc23)CC1. The highest BCUT2D eigenvalue weighted by atomic mass is 32.1. The highest BCUT2D eigenvalue weighted by Crippen LogP contribution is 2.34.